The molecular formula is C14H19N3O4. The zero-order chi connectivity index (χ0) is 15.0. The minimum absolute atomic E-state index is 0.0949. The molecule has 2 N–H and O–H groups in total. The van der Waals surface area contributed by atoms with Crippen molar-refractivity contribution >= 4 is 11.8 Å². The second kappa shape index (κ2) is 5.14. The van der Waals surface area contributed by atoms with Crippen LogP contribution < -0.4 is 5.73 Å². The Hall–Kier alpha value is -1.89. The van der Waals surface area contributed by atoms with Crippen LogP contribution in [0.2, 0.25) is 0 Å². The topological polar surface area (TPSA) is 98.7 Å². The van der Waals surface area contributed by atoms with Gasteiger partial charge in [-0.3, -0.25) is 9.59 Å². The molecule has 1 aromatic heterocycles. The van der Waals surface area contributed by atoms with E-state index in [4.69, 9.17) is 15.0 Å². The van der Waals surface area contributed by atoms with E-state index < -0.39 is 11.4 Å². The number of primary amides is 1. The third-order valence-electron chi connectivity index (χ3n) is 4.31. The molecule has 0 bridgehead atoms. The molecule has 1 unspecified atom stereocenters. The lowest BCUT2D eigenvalue weighted by molar-refractivity contribution is -0.130. The number of likely N-dealkylation sites (tertiary alicyclic amines) is 1. The number of carbonyl (C=O) groups is 2. The number of aromatic nitrogens is 1. The van der Waals surface area contributed by atoms with Crippen LogP contribution in [0.5, 0.6) is 0 Å². The number of methoxy groups -OCH3 is 1. The van der Waals surface area contributed by atoms with E-state index in [0.717, 1.165) is 18.5 Å². The van der Waals surface area contributed by atoms with Crippen molar-refractivity contribution < 1.29 is 18.8 Å². The molecule has 1 aromatic rings. The number of hydrogen-bond donors (Lipinski definition) is 1. The summed E-state index contributed by atoms with van der Waals surface area (Å²) in [4.78, 5) is 26.0. The van der Waals surface area contributed by atoms with Gasteiger partial charge in [-0.2, -0.15) is 0 Å². The highest BCUT2D eigenvalue weighted by atomic mass is 16.5. The van der Waals surface area contributed by atoms with E-state index in [1.54, 1.807) is 6.07 Å². The first-order valence-corrected chi connectivity index (χ1v) is 7.16. The average Bonchev–Trinajstić information content (AvgIpc) is 3.03. The summed E-state index contributed by atoms with van der Waals surface area (Å²) >= 11 is 0. The van der Waals surface area contributed by atoms with Gasteiger partial charge in [-0.1, -0.05) is 5.16 Å². The van der Waals surface area contributed by atoms with Gasteiger partial charge in [0.2, 0.25) is 11.7 Å². The number of ether oxygens (including phenoxy) is 1. The normalized spacial score (nSPS) is 25.3. The molecule has 1 atom stereocenters. The van der Waals surface area contributed by atoms with Gasteiger partial charge in [-0.05, 0) is 25.7 Å². The predicted molar refractivity (Wildman–Crippen MR) is 72.5 cm³/mol. The van der Waals surface area contributed by atoms with Gasteiger partial charge in [0.15, 0.2) is 0 Å². The van der Waals surface area contributed by atoms with Crippen molar-refractivity contribution in [2.75, 3.05) is 20.3 Å². The molecule has 2 heterocycles. The number of nitrogens with zero attached hydrogens (tertiary/aromatic N) is 2. The van der Waals surface area contributed by atoms with Gasteiger partial charge in [-0.15, -0.1) is 0 Å². The maximum absolute atomic E-state index is 12.6. The molecule has 3 rings (SSSR count). The molecule has 7 heteroatoms. The van der Waals surface area contributed by atoms with E-state index in [1.807, 2.05) is 0 Å². The molecule has 2 fully saturated rings. The van der Waals surface area contributed by atoms with Gasteiger partial charge in [0.05, 0.1) is 12.3 Å². The Kier molecular flexibility index (Phi) is 3.44. The number of nitrogens with two attached hydrogens (primary N) is 1. The van der Waals surface area contributed by atoms with E-state index in [1.165, 1.54) is 12.0 Å². The quantitative estimate of drug-likeness (QED) is 0.859. The summed E-state index contributed by atoms with van der Waals surface area (Å²) in [6, 6.07) is 1.68. The molecule has 2 aliphatic rings. The summed E-state index contributed by atoms with van der Waals surface area (Å²) < 4.78 is 10.3. The fraction of sp³-hybridized carbons (Fsp3) is 0.643. The zero-order valence-electron chi connectivity index (χ0n) is 12.0. The maximum atomic E-state index is 12.6. The van der Waals surface area contributed by atoms with Crippen molar-refractivity contribution in [1.82, 2.24) is 10.1 Å². The summed E-state index contributed by atoms with van der Waals surface area (Å²) in [6.07, 6.45) is 3.38. The lowest BCUT2D eigenvalue weighted by Crippen LogP contribution is -2.58. The van der Waals surface area contributed by atoms with Gasteiger partial charge >= 0.3 is 0 Å². The van der Waals surface area contributed by atoms with E-state index in [2.05, 4.69) is 5.16 Å². The predicted octanol–water partition coefficient (Wildman–Crippen LogP) is 0.659. The van der Waals surface area contributed by atoms with E-state index in [-0.39, 0.29) is 18.3 Å². The molecule has 1 aliphatic heterocycles. The van der Waals surface area contributed by atoms with Crippen molar-refractivity contribution in [3.05, 3.63) is 17.5 Å². The van der Waals surface area contributed by atoms with Crippen LogP contribution in [-0.2, 0) is 9.53 Å². The summed E-state index contributed by atoms with van der Waals surface area (Å²) in [5.74, 6) is -0.311. The average molecular weight is 293 g/mol. The molecule has 0 radical (unpaired) electrons. The van der Waals surface area contributed by atoms with Crippen molar-refractivity contribution in [2.45, 2.75) is 37.1 Å². The Morgan fingerprint density at radius 2 is 2.33 bits per heavy atom. The minimum Gasteiger partial charge on any atom is -0.382 e. The standard InChI is InChI=1S/C14H19N3O4/c1-20-8-14(13(15)19)5-2-6-17(14)12(18)11-7-10(16-21-11)9-3-4-9/h7,9H,2-6,8H2,1H3,(H2,15,19). The molecule has 1 saturated heterocycles. The third kappa shape index (κ3) is 2.31. The monoisotopic (exact) mass is 293 g/mol. The van der Waals surface area contributed by atoms with Crippen LogP contribution in [-0.4, -0.2) is 47.7 Å². The minimum atomic E-state index is -1.08. The highest BCUT2D eigenvalue weighted by Gasteiger charge is 2.49. The summed E-state index contributed by atoms with van der Waals surface area (Å²) in [7, 11) is 1.49. The number of amides is 2. The van der Waals surface area contributed by atoms with Crippen LogP contribution in [0.15, 0.2) is 10.6 Å². The Morgan fingerprint density at radius 1 is 1.57 bits per heavy atom. The highest BCUT2D eigenvalue weighted by Crippen LogP contribution is 2.40. The van der Waals surface area contributed by atoms with Gasteiger partial charge in [0.1, 0.15) is 5.54 Å². The highest BCUT2D eigenvalue weighted by molar-refractivity contribution is 5.97. The van der Waals surface area contributed by atoms with E-state index in [0.29, 0.717) is 25.3 Å². The van der Waals surface area contributed by atoms with Crippen LogP contribution in [0.3, 0.4) is 0 Å². The van der Waals surface area contributed by atoms with E-state index >= 15 is 0 Å². The number of carbonyl (C=O) groups excluding carboxylic acids is 2. The second-order valence-corrected chi connectivity index (χ2v) is 5.78. The lowest BCUT2D eigenvalue weighted by atomic mass is 9.96. The maximum Gasteiger partial charge on any atom is 0.293 e. The van der Waals surface area contributed by atoms with E-state index in [9.17, 15) is 9.59 Å². The molecule has 21 heavy (non-hydrogen) atoms. The van der Waals surface area contributed by atoms with Crippen molar-refractivity contribution in [1.29, 1.82) is 0 Å². The summed E-state index contributed by atoms with van der Waals surface area (Å²) in [6.45, 7) is 0.558. The SMILES string of the molecule is COCC1(C(N)=O)CCCN1C(=O)c1cc(C2CC2)no1. The first-order valence-electron chi connectivity index (χ1n) is 7.16. The van der Waals surface area contributed by atoms with Crippen LogP contribution in [0, 0.1) is 0 Å². The zero-order valence-corrected chi connectivity index (χ0v) is 12.0. The van der Waals surface area contributed by atoms with Gasteiger partial charge < -0.3 is 19.9 Å². The first kappa shape index (κ1) is 14.1. The molecule has 2 amide bonds. The Morgan fingerprint density at radius 3 is 2.95 bits per heavy atom. The van der Waals surface area contributed by atoms with Crippen LogP contribution in [0.25, 0.3) is 0 Å². The third-order valence-corrected chi connectivity index (χ3v) is 4.31. The molecule has 7 nitrogen and oxygen atoms in total. The fourth-order valence-corrected chi connectivity index (χ4v) is 2.98. The number of hydrogen-bond acceptors (Lipinski definition) is 5. The molecule has 1 aliphatic carbocycles. The largest absolute Gasteiger partial charge is 0.382 e. The van der Waals surface area contributed by atoms with Crippen molar-refractivity contribution in [2.24, 2.45) is 5.73 Å². The Labute approximate surface area is 122 Å². The fourth-order valence-electron chi connectivity index (χ4n) is 2.98. The summed E-state index contributed by atoms with van der Waals surface area (Å²) in [5, 5.41) is 3.94. The van der Waals surface area contributed by atoms with Crippen LogP contribution >= 0.6 is 0 Å². The van der Waals surface area contributed by atoms with Crippen LogP contribution in [0.4, 0.5) is 0 Å². The molecule has 0 aromatic carbocycles. The van der Waals surface area contributed by atoms with Crippen molar-refractivity contribution in [3.8, 4) is 0 Å². The smallest absolute Gasteiger partial charge is 0.293 e. The molecule has 114 valence electrons. The Bertz CT molecular complexity index is 566. The second-order valence-electron chi connectivity index (χ2n) is 5.78. The molecular weight excluding hydrogens is 274 g/mol. The van der Waals surface area contributed by atoms with Crippen LogP contribution in [0.1, 0.15) is 47.8 Å². The van der Waals surface area contributed by atoms with Gasteiger partial charge in [0, 0.05) is 25.6 Å². The van der Waals surface area contributed by atoms with Gasteiger partial charge in [0.25, 0.3) is 5.91 Å². The Balaban J connectivity index is 1.85. The number of rotatable bonds is 5. The van der Waals surface area contributed by atoms with Gasteiger partial charge in [-0.25, -0.2) is 0 Å². The molecule has 0 spiro atoms. The lowest BCUT2D eigenvalue weighted by Gasteiger charge is -2.34. The first-order chi connectivity index (χ1) is 10.1. The summed E-state index contributed by atoms with van der Waals surface area (Å²) in [5.41, 5.74) is 5.26. The van der Waals surface area contributed by atoms with Crippen molar-refractivity contribution in [3.63, 3.8) is 0 Å². The molecule has 1 saturated carbocycles.